The molecule has 18 heavy (non-hydrogen) atoms. The highest BCUT2D eigenvalue weighted by molar-refractivity contribution is 5.95. The van der Waals surface area contributed by atoms with Gasteiger partial charge in [0, 0.05) is 18.1 Å². The third kappa shape index (κ3) is 4.41. The van der Waals surface area contributed by atoms with Crippen molar-refractivity contribution in [2.24, 2.45) is 0 Å². The summed E-state index contributed by atoms with van der Waals surface area (Å²) >= 11 is 0. The van der Waals surface area contributed by atoms with E-state index in [2.05, 4.69) is 0 Å². The molecule has 0 heterocycles. The van der Waals surface area contributed by atoms with Gasteiger partial charge in [0.15, 0.2) is 5.78 Å². The number of carboxylic acids is 1. The minimum atomic E-state index is -0.986. The van der Waals surface area contributed by atoms with Gasteiger partial charge < -0.3 is 9.84 Å². The highest BCUT2D eigenvalue weighted by atomic mass is 16.5. The zero-order valence-electron chi connectivity index (χ0n) is 10.5. The molecule has 1 aromatic carbocycles. The van der Waals surface area contributed by atoms with Crippen LogP contribution in [-0.2, 0) is 4.79 Å². The van der Waals surface area contributed by atoms with Crippen molar-refractivity contribution >= 4 is 11.8 Å². The molecule has 0 unspecified atom stereocenters. The van der Waals surface area contributed by atoms with E-state index in [0.717, 1.165) is 6.08 Å². The number of carboxylic acid groups (broad SMARTS) is 1. The highest BCUT2D eigenvalue weighted by Gasteiger charge is 2.03. The second kappa shape index (κ2) is 6.59. The Morgan fingerprint density at radius 2 is 1.89 bits per heavy atom. The number of ether oxygens (including phenoxy) is 1. The third-order valence-corrected chi connectivity index (χ3v) is 2.33. The molecule has 1 rings (SSSR count). The van der Waals surface area contributed by atoms with Crippen LogP contribution in [0.1, 0.15) is 30.6 Å². The first-order chi connectivity index (χ1) is 8.52. The molecule has 0 atom stereocenters. The van der Waals surface area contributed by atoms with Crippen molar-refractivity contribution in [3.8, 4) is 5.75 Å². The van der Waals surface area contributed by atoms with Crippen LogP contribution in [0.2, 0.25) is 0 Å². The molecular weight excluding hydrogens is 232 g/mol. The average molecular weight is 248 g/mol. The molecule has 4 nitrogen and oxygen atoms in total. The van der Waals surface area contributed by atoms with Gasteiger partial charge in [-0.15, -0.1) is 0 Å². The van der Waals surface area contributed by atoms with Gasteiger partial charge in [-0.05, 0) is 36.8 Å². The van der Waals surface area contributed by atoms with Gasteiger partial charge >= 0.3 is 5.97 Å². The molecule has 4 heteroatoms. The van der Waals surface area contributed by atoms with Crippen LogP contribution < -0.4 is 4.74 Å². The molecule has 1 aromatic rings. The molecule has 0 aliphatic carbocycles. The van der Waals surface area contributed by atoms with E-state index < -0.39 is 5.97 Å². The van der Waals surface area contributed by atoms with Crippen LogP contribution in [0.15, 0.2) is 35.9 Å². The molecule has 0 aromatic heterocycles. The molecule has 0 bridgehead atoms. The molecule has 0 amide bonds. The Bertz CT molecular complexity index is 457. The Balaban J connectivity index is 2.59. The van der Waals surface area contributed by atoms with Crippen molar-refractivity contribution in [1.82, 2.24) is 0 Å². The number of ketones is 1. The number of Topliss-reactive ketones (excluding diaryl/α,β-unsaturated/α-hetero) is 1. The molecule has 0 fully saturated rings. The first kappa shape index (κ1) is 14.0. The quantitative estimate of drug-likeness (QED) is 0.621. The lowest BCUT2D eigenvalue weighted by Crippen LogP contribution is -2.02. The first-order valence-corrected chi connectivity index (χ1v) is 5.69. The Hall–Kier alpha value is -2.10. The maximum Gasteiger partial charge on any atom is 0.328 e. The summed E-state index contributed by atoms with van der Waals surface area (Å²) in [6, 6.07) is 6.82. The van der Waals surface area contributed by atoms with Crippen molar-refractivity contribution < 1.29 is 19.4 Å². The third-order valence-electron chi connectivity index (χ3n) is 2.33. The van der Waals surface area contributed by atoms with E-state index in [4.69, 9.17) is 9.84 Å². The lowest BCUT2D eigenvalue weighted by Gasteiger charge is -2.06. The maximum atomic E-state index is 11.4. The number of carbonyl (C=O) groups excluding carboxylic acids is 1. The monoisotopic (exact) mass is 248 g/mol. The molecule has 0 radical (unpaired) electrons. The number of hydrogen-bond acceptors (Lipinski definition) is 3. The van der Waals surface area contributed by atoms with E-state index >= 15 is 0 Å². The predicted molar refractivity (Wildman–Crippen MR) is 68.0 cm³/mol. The predicted octanol–water partition coefficient (Wildman–Crippen LogP) is 2.69. The van der Waals surface area contributed by atoms with Gasteiger partial charge in [0.2, 0.25) is 0 Å². The fraction of sp³-hybridized carbons (Fsp3) is 0.286. The summed E-state index contributed by atoms with van der Waals surface area (Å²) in [5.41, 5.74) is 1.28. The summed E-state index contributed by atoms with van der Waals surface area (Å²) in [6.07, 6.45) is 1.58. The van der Waals surface area contributed by atoms with Crippen LogP contribution in [-0.4, -0.2) is 23.5 Å². The van der Waals surface area contributed by atoms with Crippen LogP contribution in [0.5, 0.6) is 5.75 Å². The van der Waals surface area contributed by atoms with Gasteiger partial charge in [-0.1, -0.05) is 6.92 Å². The van der Waals surface area contributed by atoms with Gasteiger partial charge in [-0.25, -0.2) is 4.79 Å². The largest absolute Gasteiger partial charge is 0.489 e. The minimum Gasteiger partial charge on any atom is -0.489 e. The lowest BCUT2D eigenvalue weighted by atomic mass is 10.1. The van der Waals surface area contributed by atoms with Crippen LogP contribution in [0.4, 0.5) is 0 Å². The van der Waals surface area contributed by atoms with E-state index in [-0.39, 0.29) is 12.4 Å². The molecule has 0 spiro atoms. The van der Waals surface area contributed by atoms with Gasteiger partial charge in [0.25, 0.3) is 0 Å². The SMILES string of the molecule is CCC(=O)c1ccc(OCC(C)=CC(=O)O)cc1. The van der Waals surface area contributed by atoms with E-state index in [1.807, 2.05) is 6.92 Å². The van der Waals surface area contributed by atoms with Gasteiger partial charge in [0.05, 0.1) is 0 Å². The number of carbonyl (C=O) groups is 2. The Morgan fingerprint density at radius 3 is 2.39 bits per heavy atom. The van der Waals surface area contributed by atoms with Gasteiger partial charge in [0.1, 0.15) is 12.4 Å². The van der Waals surface area contributed by atoms with Crippen molar-refractivity contribution in [2.75, 3.05) is 6.61 Å². The summed E-state index contributed by atoms with van der Waals surface area (Å²) in [5, 5.41) is 8.54. The van der Waals surface area contributed by atoms with Crippen molar-refractivity contribution in [2.45, 2.75) is 20.3 Å². The van der Waals surface area contributed by atoms with Crippen LogP contribution in [0, 0.1) is 0 Å². The van der Waals surface area contributed by atoms with E-state index in [9.17, 15) is 9.59 Å². The van der Waals surface area contributed by atoms with E-state index in [1.165, 1.54) is 0 Å². The average Bonchev–Trinajstić information content (AvgIpc) is 2.35. The van der Waals surface area contributed by atoms with Crippen LogP contribution in [0.3, 0.4) is 0 Å². The van der Waals surface area contributed by atoms with Gasteiger partial charge in [-0.3, -0.25) is 4.79 Å². The second-order valence-corrected chi connectivity index (χ2v) is 3.92. The molecular formula is C14H16O4. The highest BCUT2D eigenvalue weighted by Crippen LogP contribution is 2.14. The minimum absolute atomic E-state index is 0.0866. The first-order valence-electron chi connectivity index (χ1n) is 5.69. The zero-order chi connectivity index (χ0) is 13.5. The van der Waals surface area contributed by atoms with Crippen molar-refractivity contribution in [1.29, 1.82) is 0 Å². The summed E-state index contributed by atoms with van der Waals surface area (Å²) in [5.74, 6) is -0.288. The van der Waals surface area contributed by atoms with Crippen molar-refractivity contribution in [3.05, 3.63) is 41.5 Å². The number of benzene rings is 1. The van der Waals surface area contributed by atoms with Gasteiger partial charge in [-0.2, -0.15) is 0 Å². The maximum absolute atomic E-state index is 11.4. The van der Waals surface area contributed by atoms with Crippen molar-refractivity contribution in [3.63, 3.8) is 0 Å². The van der Waals surface area contributed by atoms with Crippen LogP contribution in [0.25, 0.3) is 0 Å². The normalized spacial score (nSPS) is 11.1. The Kier molecular flexibility index (Phi) is 5.11. The van der Waals surface area contributed by atoms with E-state index in [0.29, 0.717) is 23.3 Å². The van der Waals surface area contributed by atoms with Crippen LogP contribution >= 0.6 is 0 Å². The molecule has 0 saturated heterocycles. The fourth-order valence-electron chi connectivity index (χ4n) is 1.39. The fourth-order valence-corrected chi connectivity index (χ4v) is 1.39. The topological polar surface area (TPSA) is 63.6 Å². The number of aliphatic carboxylic acids is 1. The lowest BCUT2D eigenvalue weighted by molar-refractivity contribution is -0.131. The van der Waals surface area contributed by atoms with E-state index in [1.54, 1.807) is 31.2 Å². The standard InChI is InChI=1S/C14H16O4/c1-3-13(15)11-4-6-12(7-5-11)18-9-10(2)8-14(16)17/h4-8H,3,9H2,1-2H3,(H,16,17). The number of hydrogen-bond donors (Lipinski definition) is 1. The summed E-state index contributed by atoms with van der Waals surface area (Å²) < 4.78 is 5.39. The molecule has 96 valence electrons. The Labute approximate surface area is 106 Å². The molecule has 0 saturated carbocycles. The molecule has 1 N–H and O–H groups in total. The smallest absolute Gasteiger partial charge is 0.328 e. The molecule has 0 aliphatic heterocycles. The second-order valence-electron chi connectivity index (χ2n) is 3.92. The Morgan fingerprint density at radius 1 is 1.28 bits per heavy atom. The summed E-state index contributed by atoms with van der Waals surface area (Å²) in [4.78, 5) is 21.8. The zero-order valence-corrected chi connectivity index (χ0v) is 10.5. The summed E-state index contributed by atoms with van der Waals surface area (Å²) in [6.45, 7) is 3.71. The summed E-state index contributed by atoms with van der Waals surface area (Å²) in [7, 11) is 0. The number of rotatable bonds is 6. The molecule has 0 aliphatic rings.